The summed E-state index contributed by atoms with van der Waals surface area (Å²) in [5.41, 5.74) is 8.17. The Labute approximate surface area is 179 Å². The molecule has 2 amide bonds. The van der Waals surface area contributed by atoms with Crippen molar-refractivity contribution in [2.24, 2.45) is 17.6 Å². The van der Waals surface area contributed by atoms with Gasteiger partial charge in [-0.25, -0.2) is 5.01 Å². The maximum Gasteiger partial charge on any atom is 0.234 e. The van der Waals surface area contributed by atoms with Gasteiger partial charge >= 0.3 is 0 Å². The van der Waals surface area contributed by atoms with Crippen molar-refractivity contribution in [3.8, 4) is 0 Å². The number of nitrogens with zero attached hydrogens (tertiary/aromatic N) is 1. The van der Waals surface area contributed by atoms with E-state index in [2.05, 4.69) is 35.6 Å². The van der Waals surface area contributed by atoms with Gasteiger partial charge in [-0.1, -0.05) is 6.92 Å². The fourth-order valence-electron chi connectivity index (χ4n) is 3.07. The fraction of sp³-hybridized carbons (Fsp3) is 0.842. The minimum absolute atomic E-state index is 0.00321. The number of aliphatic hydroxyl groups is 1. The summed E-state index contributed by atoms with van der Waals surface area (Å²) in [6, 6.07) is 0. The molecule has 0 aliphatic rings. The van der Waals surface area contributed by atoms with E-state index in [9.17, 15) is 19.5 Å². The van der Waals surface area contributed by atoms with Crippen LogP contribution in [0.2, 0.25) is 0 Å². The van der Waals surface area contributed by atoms with Crippen LogP contribution in [0.15, 0.2) is 0 Å². The number of nitrogens with one attached hydrogen (secondary N) is 3. The lowest BCUT2D eigenvalue weighted by atomic mass is 9.84. The van der Waals surface area contributed by atoms with Crippen LogP contribution in [-0.2, 0) is 14.4 Å². The summed E-state index contributed by atoms with van der Waals surface area (Å²) >= 11 is 4.29. The molecule has 0 saturated heterocycles. The van der Waals surface area contributed by atoms with E-state index < -0.39 is 6.23 Å². The van der Waals surface area contributed by atoms with Crippen molar-refractivity contribution in [2.45, 2.75) is 51.7 Å². The van der Waals surface area contributed by atoms with Crippen molar-refractivity contribution in [2.75, 3.05) is 39.0 Å². The highest BCUT2D eigenvalue weighted by Gasteiger charge is 2.20. The zero-order valence-electron chi connectivity index (χ0n) is 17.7. The molecule has 0 aromatic heterocycles. The lowest BCUT2D eigenvalue weighted by Crippen LogP contribution is -2.50. The van der Waals surface area contributed by atoms with Crippen LogP contribution in [0.25, 0.3) is 0 Å². The highest BCUT2D eigenvalue weighted by molar-refractivity contribution is 7.80. The van der Waals surface area contributed by atoms with Gasteiger partial charge in [-0.2, -0.15) is 12.6 Å². The number of hydrazine groups is 1. The minimum atomic E-state index is -0.860. The molecular formula is C19H39N5O4S. The van der Waals surface area contributed by atoms with Crippen LogP contribution < -0.4 is 21.8 Å². The first kappa shape index (κ1) is 27.8. The third kappa shape index (κ3) is 14.4. The summed E-state index contributed by atoms with van der Waals surface area (Å²) in [7, 11) is 1.62. The zero-order valence-corrected chi connectivity index (χ0v) is 18.6. The summed E-state index contributed by atoms with van der Waals surface area (Å²) in [6.45, 7) is 3.42. The topological polar surface area (TPSA) is 137 Å². The van der Waals surface area contributed by atoms with Crippen LogP contribution in [0, 0.1) is 11.8 Å². The summed E-state index contributed by atoms with van der Waals surface area (Å²) in [6.07, 6.45) is 3.20. The Morgan fingerprint density at radius 3 is 2.41 bits per heavy atom. The van der Waals surface area contributed by atoms with E-state index in [1.807, 2.05) is 0 Å². The van der Waals surface area contributed by atoms with E-state index in [1.165, 1.54) is 0 Å². The fourth-order valence-corrected chi connectivity index (χ4v) is 3.47. The number of hydrogen-bond donors (Lipinski definition) is 6. The van der Waals surface area contributed by atoms with E-state index in [0.29, 0.717) is 44.8 Å². The maximum absolute atomic E-state index is 12.4. The quantitative estimate of drug-likeness (QED) is 0.0752. The molecule has 0 saturated carbocycles. The van der Waals surface area contributed by atoms with Crippen molar-refractivity contribution < 1.29 is 19.5 Å². The van der Waals surface area contributed by atoms with Crippen molar-refractivity contribution in [1.29, 1.82) is 0 Å². The van der Waals surface area contributed by atoms with Crippen LogP contribution in [0.5, 0.6) is 0 Å². The van der Waals surface area contributed by atoms with Crippen molar-refractivity contribution in [3.05, 3.63) is 0 Å². The first-order chi connectivity index (χ1) is 13.9. The van der Waals surface area contributed by atoms with Gasteiger partial charge in [0.15, 0.2) is 0 Å². The predicted octanol–water partition coefficient (Wildman–Crippen LogP) is -0.346. The number of thiol groups is 1. The largest absolute Gasteiger partial charge is 0.377 e. The number of aldehydes is 1. The number of hydrogen-bond acceptors (Lipinski definition) is 8. The molecule has 9 nitrogen and oxygen atoms in total. The molecule has 10 heteroatoms. The molecule has 0 spiro atoms. The Morgan fingerprint density at radius 1 is 1.21 bits per heavy atom. The van der Waals surface area contributed by atoms with Gasteiger partial charge in [-0.05, 0) is 36.9 Å². The summed E-state index contributed by atoms with van der Waals surface area (Å²) in [5, 5.41) is 17.0. The van der Waals surface area contributed by atoms with Gasteiger partial charge in [0.2, 0.25) is 11.8 Å². The number of amides is 2. The van der Waals surface area contributed by atoms with Gasteiger partial charge in [-0.3, -0.25) is 20.3 Å². The number of nitrogens with two attached hydrogens (primary N) is 1. The average molecular weight is 434 g/mol. The van der Waals surface area contributed by atoms with Crippen LogP contribution in [-0.4, -0.2) is 73.4 Å². The van der Waals surface area contributed by atoms with Gasteiger partial charge in [-0.15, -0.1) is 0 Å². The lowest BCUT2D eigenvalue weighted by molar-refractivity contribution is -0.127. The van der Waals surface area contributed by atoms with Crippen LogP contribution >= 0.6 is 12.6 Å². The Balaban J connectivity index is 4.67. The van der Waals surface area contributed by atoms with Crippen molar-refractivity contribution in [3.63, 3.8) is 0 Å². The van der Waals surface area contributed by atoms with Gasteiger partial charge < -0.3 is 21.0 Å². The number of carbonyl (C=O) groups is 3. The second-order valence-corrected chi connectivity index (χ2v) is 7.64. The minimum Gasteiger partial charge on any atom is -0.377 e. The van der Waals surface area contributed by atoms with Crippen LogP contribution in [0.3, 0.4) is 0 Å². The highest BCUT2D eigenvalue weighted by Crippen LogP contribution is 2.26. The summed E-state index contributed by atoms with van der Waals surface area (Å²) in [4.78, 5) is 34.7. The molecule has 0 aromatic rings. The molecule has 0 aliphatic heterocycles. The molecule has 29 heavy (non-hydrogen) atoms. The lowest BCUT2D eigenvalue weighted by Gasteiger charge is -2.27. The van der Waals surface area contributed by atoms with E-state index in [1.54, 1.807) is 12.1 Å². The maximum atomic E-state index is 12.4. The molecule has 3 unspecified atom stereocenters. The SMILES string of the molecule is CNC(=O)CCC(CCC(=O)NN(CCC=O)CC(O)NCCN)C(C)CCS. The smallest absolute Gasteiger partial charge is 0.234 e. The molecular weight excluding hydrogens is 394 g/mol. The standard InChI is InChI=1S/C19H39N5O4S/c1-15(8-13-29)16(4-6-17(26)21-2)5-7-18(27)23-24(11-3-12-25)14-19(28)22-10-9-20/h12,15-16,19,22,28-29H,3-11,13-14,20H2,1-2H3,(H,21,26)(H,23,27). The van der Waals surface area contributed by atoms with E-state index in [0.717, 1.165) is 24.9 Å². The van der Waals surface area contributed by atoms with E-state index >= 15 is 0 Å². The number of aliphatic hydroxyl groups excluding tert-OH is 1. The van der Waals surface area contributed by atoms with Gasteiger partial charge in [0, 0.05) is 45.9 Å². The molecule has 0 bridgehead atoms. The Kier molecular flexibility index (Phi) is 16.9. The molecule has 0 fully saturated rings. The monoisotopic (exact) mass is 433 g/mol. The van der Waals surface area contributed by atoms with E-state index in [-0.39, 0.29) is 30.7 Å². The first-order valence-corrected chi connectivity index (χ1v) is 10.9. The number of carbonyl (C=O) groups excluding carboxylic acids is 3. The Morgan fingerprint density at radius 2 is 1.86 bits per heavy atom. The third-order valence-electron chi connectivity index (χ3n) is 4.87. The highest BCUT2D eigenvalue weighted by atomic mass is 32.1. The van der Waals surface area contributed by atoms with Crippen molar-refractivity contribution >= 4 is 30.7 Å². The average Bonchev–Trinajstić information content (AvgIpc) is 2.70. The second-order valence-electron chi connectivity index (χ2n) is 7.20. The molecule has 0 heterocycles. The molecule has 0 radical (unpaired) electrons. The molecule has 6 N–H and O–H groups in total. The summed E-state index contributed by atoms with van der Waals surface area (Å²) in [5.74, 6) is 1.18. The molecule has 0 aromatic carbocycles. The first-order valence-electron chi connectivity index (χ1n) is 10.3. The van der Waals surface area contributed by atoms with Crippen molar-refractivity contribution in [1.82, 2.24) is 21.1 Å². The van der Waals surface area contributed by atoms with Gasteiger partial charge in [0.05, 0.1) is 6.54 Å². The molecule has 170 valence electrons. The predicted molar refractivity (Wildman–Crippen MR) is 117 cm³/mol. The normalized spacial score (nSPS) is 14.3. The zero-order chi connectivity index (χ0) is 22.1. The summed E-state index contributed by atoms with van der Waals surface area (Å²) < 4.78 is 0. The van der Waals surface area contributed by atoms with Crippen LogP contribution in [0.1, 0.15) is 45.4 Å². The van der Waals surface area contributed by atoms with Crippen LogP contribution in [0.4, 0.5) is 0 Å². The molecule has 0 aliphatic carbocycles. The second kappa shape index (κ2) is 17.6. The Hall–Kier alpha value is -1.20. The number of rotatable bonds is 18. The molecule has 3 atom stereocenters. The van der Waals surface area contributed by atoms with E-state index in [4.69, 9.17) is 5.73 Å². The van der Waals surface area contributed by atoms with Gasteiger partial charge in [0.1, 0.15) is 12.5 Å². The van der Waals surface area contributed by atoms with Gasteiger partial charge in [0.25, 0.3) is 0 Å². The molecule has 0 rings (SSSR count). The Bertz CT molecular complexity index is 470. The third-order valence-corrected chi connectivity index (χ3v) is 5.13.